The molecule has 0 aliphatic carbocycles. The van der Waals surface area contributed by atoms with Gasteiger partial charge in [-0.1, -0.05) is 0 Å². The maximum Gasteiger partial charge on any atom is 0.189 e. The van der Waals surface area contributed by atoms with Gasteiger partial charge in [0.2, 0.25) is 0 Å². The van der Waals surface area contributed by atoms with E-state index in [2.05, 4.69) is 15.0 Å². The quantitative estimate of drug-likeness (QED) is 0.761. The van der Waals surface area contributed by atoms with Crippen LogP contribution in [0, 0.1) is 13.8 Å². The van der Waals surface area contributed by atoms with Crippen LogP contribution < -0.4 is 0 Å². The summed E-state index contributed by atoms with van der Waals surface area (Å²) in [4.78, 5) is 24.1. The van der Waals surface area contributed by atoms with E-state index in [1.165, 1.54) is 17.5 Å². The molecule has 0 N–H and O–H groups in total. The lowest BCUT2D eigenvalue weighted by Gasteiger charge is -1.97. The summed E-state index contributed by atoms with van der Waals surface area (Å²) >= 11 is 1.50. The molecule has 82 valence electrons. The minimum Gasteiger partial charge on any atom is -0.292 e. The summed E-state index contributed by atoms with van der Waals surface area (Å²) in [5.41, 5.74) is 2.16. The van der Waals surface area contributed by atoms with Crippen LogP contribution in [0.15, 0.2) is 17.8 Å². The van der Waals surface area contributed by atoms with Gasteiger partial charge in [-0.3, -0.25) is 9.78 Å². The fourth-order valence-corrected chi connectivity index (χ4v) is 2.02. The molecule has 0 aliphatic heterocycles. The number of carbonyl (C=O) groups is 1. The van der Waals surface area contributed by atoms with Crippen LogP contribution in [0.1, 0.15) is 26.9 Å². The van der Waals surface area contributed by atoms with Gasteiger partial charge in [0.05, 0.1) is 18.3 Å². The molecule has 0 saturated carbocycles. The van der Waals surface area contributed by atoms with Crippen molar-refractivity contribution in [3.05, 3.63) is 39.9 Å². The van der Waals surface area contributed by atoms with Crippen molar-refractivity contribution < 1.29 is 4.79 Å². The van der Waals surface area contributed by atoms with Gasteiger partial charge in [0.1, 0.15) is 10.7 Å². The largest absolute Gasteiger partial charge is 0.292 e. The summed E-state index contributed by atoms with van der Waals surface area (Å²) in [5, 5.41) is 2.76. The lowest BCUT2D eigenvalue weighted by atomic mass is 10.2. The van der Waals surface area contributed by atoms with Crippen molar-refractivity contribution in [2.24, 2.45) is 0 Å². The van der Waals surface area contributed by atoms with Crippen molar-refractivity contribution in [3.63, 3.8) is 0 Å². The Labute approximate surface area is 97.4 Å². The van der Waals surface area contributed by atoms with Crippen LogP contribution >= 0.6 is 11.3 Å². The van der Waals surface area contributed by atoms with Crippen LogP contribution in [0.25, 0.3) is 0 Å². The molecule has 0 radical (unpaired) electrons. The van der Waals surface area contributed by atoms with E-state index in [4.69, 9.17) is 0 Å². The van der Waals surface area contributed by atoms with E-state index < -0.39 is 0 Å². The molecule has 0 atom stereocenters. The van der Waals surface area contributed by atoms with E-state index >= 15 is 0 Å². The first-order chi connectivity index (χ1) is 7.65. The van der Waals surface area contributed by atoms with Crippen LogP contribution in [0.5, 0.6) is 0 Å². The van der Waals surface area contributed by atoms with Crippen LogP contribution in [0.2, 0.25) is 0 Å². The van der Waals surface area contributed by atoms with Gasteiger partial charge in [0.15, 0.2) is 5.78 Å². The molecule has 16 heavy (non-hydrogen) atoms. The fourth-order valence-electron chi connectivity index (χ4n) is 1.25. The number of thiazole rings is 1. The summed E-state index contributed by atoms with van der Waals surface area (Å²) in [6.07, 6.45) is 3.41. The maximum absolute atomic E-state index is 11.8. The molecule has 0 aliphatic rings. The van der Waals surface area contributed by atoms with Crippen LogP contribution in [0.3, 0.4) is 0 Å². The smallest absolute Gasteiger partial charge is 0.189 e. The molecule has 0 unspecified atom stereocenters. The molecular weight excluding hydrogens is 222 g/mol. The Morgan fingerprint density at radius 1 is 1.25 bits per heavy atom. The summed E-state index contributed by atoms with van der Waals surface area (Å²) in [6.45, 7) is 3.75. The predicted molar refractivity (Wildman–Crippen MR) is 61.7 cm³/mol. The van der Waals surface area contributed by atoms with Crippen LogP contribution in [0.4, 0.5) is 0 Å². The molecule has 0 saturated heterocycles. The molecular formula is C11H11N3OS. The van der Waals surface area contributed by atoms with Gasteiger partial charge in [0.25, 0.3) is 0 Å². The number of aromatic nitrogens is 3. The predicted octanol–water partition coefficient (Wildman–Crippen LogP) is 1.98. The number of nitrogens with zero attached hydrogens (tertiary/aromatic N) is 3. The lowest BCUT2D eigenvalue weighted by molar-refractivity contribution is 0.0987. The number of aryl methyl sites for hydroxylation is 2. The molecule has 0 spiro atoms. The minimum absolute atomic E-state index is 0.0400. The summed E-state index contributed by atoms with van der Waals surface area (Å²) in [7, 11) is 0. The van der Waals surface area contributed by atoms with Crippen molar-refractivity contribution in [1.82, 2.24) is 15.0 Å². The first-order valence-corrected chi connectivity index (χ1v) is 5.76. The molecule has 4 nitrogen and oxygen atoms in total. The van der Waals surface area contributed by atoms with Crippen molar-refractivity contribution in [2.75, 3.05) is 0 Å². The fraction of sp³-hybridized carbons (Fsp3) is 0.273. The Balaban J connectivity index is 2.11. The number of hydrogen-bond donors (Lipinski definition) is 0. The van der Waals surface area contributed by atoms with Crippen molar-refractivity contribution in [2.45, 2.75) is 20.3 Å². The molecule has 5 heteroatoms. The second kappa shape index (κ2) is 4.49. The zero-order chi connectivity index (χ0) is 11.5. The third-order valence-corrected chi connectivity index (χ3v) is 3.01. The average molecular weight is 233 g/mol. The molecule has 0 aromatic carbocycles. The Morgan fingerprint density at radius 3 is 2.62 bits per heavy atom. The number of hydrogen-bond acceptors (Lipinski definition) is 5. The van der Waals surface area contributed by atoms with Crippen molar-refractivity contribution >= 4 is 17.1 Å². The number of Topliss-reactive ketones (excluding diaryl/α,β-unsaturated/α-hetero) is 1. The van der Waals surface area contributed by atoms with E-state index in [0.717, 1.165) is 16.4 Å². The van der Waals surface area contributed by atoms with Gasteiger partial charge in [-0.15, -0.1) is 11.3 Å². The molecule has 2 heterocycles. The highest BCUT2D eigenvalue weighted by molar-refractivity contribution is 7.09. The Hall–Kier alpha value is -1.62. The van der Waals surface area contributed by atoms with Gasteiger partial charge in [0, 0.05) is 17.3 Å². The topological polar surface area (TPSA) is 55.7 Å². The molecule has 0 fully saturated rings. The monoisotopic (exact) mass is 233 g/mol. The zero-order valence-corrected chi connectivity index (χ0v) is 9.91. The van der Waals surface area contributed by atoms with Crippen LogP contribution in [-0.4, -0.2) is 20.7 Å². The Bertz CT molecular complexity index is 504. The second-order valence-corrected chi connectivity index (χ2v) is 4.47. The van der Waals surface area contributed by atoms with Gasteiger partial charge in [-0.05, 0) is 13.8 Å². The van der Waals surface area contributed by atoms with E-state index in [9.17, 15) is 4.79 Å². The highest BCUT2D eigenvalue weighted by atomic mass is 32.1. The zero-order valence-electron chi connectivity index (χ0n) is 9.10. The van der Waals surface area contributed by atoms with Gasteiger partial charge >= 0.3 is 0 Å². The Kier molecular flexibility index (Phi) is 3.05. The van der Waals surface area contributed by atoms with E-state index in [-0.39, 0.29) is 5.78 Å². The molecule has 2 aromatic rings. The number of rotatable bonds is 3. The van der Waals surface area contributed by atoms with Crippen molar-refractivity contribution in [3.8, 4) is 0 Å². The first kappa shape index (κ1) is 10.9. The van der Waals surface area contributed by atoms with E-state index in [1.807, 2.05) is 19.2 Å². The third kappa shape index (κ3) is 2.49. The summed E-state index contributed by atoms with van der Waals surface area (Å²) in [5.74, 6) is -0.0400. The van der Waals surface area contributed by atoms with E-state index in [0.29, 0.717) is 12.1 Å². The average Bonchev–Trinajstić information content (AvgIpc) is 2.65. The van der Waals surface area contributed by atoms with Gasteiger partial charge < -0.3 is 0 Å². The standard InChI is InChI=1S/C11H11N3OS/c1-7-4-13-9(5-12-7)10(15)3-11-14-8(2)6-16-11/h4-6H,3H2,1-2H3. The SMILES string of the molecule is Cc1cnc(C(=O)Cc2nc(C)cs2)cn1. The number of carbonyl (C=O) groups excluding carboxylic acids is 1. The van der Waals surface area contributed by atoms with Crippen molar-refractivity contribution in [1.29, 1.82) is 0 Å². The minimum atomic E-state index is -0.0400. The molecule has 2 rings (SSSR count). The highest BCUT2D eigenvalue weighted by Crippen LogP contribution is 2.11. The molecule has 2 aromatic heterocycles. The maximum atomic E-state index is 11.8. The molecule has 0 amide bonds. The van der Waals surface area contributed by atoms with Crippen LogP contribution in [-0.2, 0) is 6.42 Å². The second-order valence-electron chi connectivity index (χ2n) is 3.53. The first-order valence-electron chi connectivity index (χ1n) is 4.88. The highest BCUT2D eigenvalue weighted by Gasteiger charge is 2.10. The Morgan fingerprint density at radius 2 is 2.06 bits per heavy atom. The molecule has 0 bridgehead atoms. The van der Waals surface area contributed by atoms with Gasteiger partial charge in [-0.2, -0.15) is 0 Å². The third-order valence-electron chi connectivity index (χ3n) is 2.04. The summed E-state index contributed by atoms with van der Waals surface area (Å²) < 4.78 is 0. The van der Waals surface area contributed by atoms with Gasteiger partial charge in [-0.25, -0.2) is 9.97 Å². The number of ketones is 1. The van der Waals surface area contributed by atoms with E-state index in [1.54, 1.807) is 6.20 Å². The lowest BCUT2D eigenvalue weighted by Crippen LogP contribution is -2.06. The summed E-state index contributed by atoms with van der Waals surface area (Å²) in [6, 6.07) is 0. The normalized spacial score (nSPS) is 10.4.